The molecule has 0 aliphatic carbocycles. The van der Waals surface area contributed by atoms with Crippen LogP contribution in [0.1, 0.15) is 36.3 Å². The van der Waals surface area contributed by atoms with Crippen LogP contribution in [0, 0.1) is 13.8 Å². The van der Waals surface area contributed by atoms with Gasteiger partial charge < -0.3 is 19.7 Å². The second-order valence-electron chi connectivity index (χ2n) is 5.72. The summed E-state index contributed by atoms with van der Waals surface area (Å²) in [5.41, 5.74) is 2.22. The summed E-state index contributed by atoms with van der Waals surface area (Å²) in [6.07, 6.45) is 0.262. The zero-order valence-electron chi connectivity index (χ0n) is 14.1. The molecule has 0 fully saturated rings. The number of nitrogens with one attached hydrogen (secondary N) is 1. The van der Waals surface area contributed by atoms with E-state index < -0.39 is 12.6 Å². The van der Waals surface area contributed by atoms with Gasteiger partial charge in [-0.05, 0) is 38.0 Å². The fraction of sp³-hybridized carbons (Fsp3) is 0.353. The van der Waals surface area contributed by atoms with E-state index in [0.29, 0.717) is 11.4 Å². The number of hydrogen-bond donors (Lipinski definition) is 2. The number of carboxylic acid groups (broad SMARTS) is 1. The zero-order valence-corrected chi connectivity index (χ0v) is 14.9. The first-order valence-electron chi connectivity index (χ1n) is 7.64. The molecular formula is C17H19ClN2O5. The predicted octanol–water partition coefficient (Wildman–Crippen LogP) is 3.54. The monoisotopic (exact) mass is 366 g/mol. The Morgan fingerprint density at radius 3 is 2.68 bits per heavy atom. The molecule has 7 nitrogen and oxygen atoms in total. The molecule has 0 radical (unpaired) electrons. The van der Waals surface area contributed by atoms with Crippen molar-refractivity contribution in [1.82, 2.24) is 5.16 Å². The van der Waals surface area contributed by atoms with Gasteiger partial charge in [0.05, 0.1) is 10.7 Å². The average molecular weight is 367 g/mol. The van der Waals surface area contributed by atoms with E-state index in [-0.39, 0.29) is 29.0 Å². The largest absolute Gasteiger partial charge is 0.480 e. The lowest BCUT2D eigenvalue weighted by atomic mass is 9.96. The van der Waals surface area contributed by atoms with Gasteiger partial charge in [-0.2, -0.15) is 0 Å². The highest BCUT2D eigenvalue weighted by Gasteiger charge is 2.19. The Morgan fingerprint density at radius 1 is 1.40 bits per heavy atom. The number of amides is 1. The van der Waals surface area contributed by atoms with Crippen LogP contribution in [0.15, 0.2) is 22.7 Å². The number of aromatic nitrogens is 1. The Kier molecular flexibility index (Phi) is 6.03. The van der Waals surface area contributed by atoms with Crippen molar-refractivity contribution in [2.45, 2.75) is 33.1 Å². The first-order chi connectivity index (χ1) is 11.8. The number of aryl methyl sites for hydroxylation is 2. The Hall–Kier alpha value is -2.54. The summed E-state index contributed by atoms with van der Waals surface area (Å²) in [5.74, 6) is -0.364. The lowest BCUT2D eigenvalue weighted by Gasteiger charge is -2.12. The maximum absolute atomic E-state index is 12.2. The summed E-state index contributed by atoms with van der Waals surface area (Å²) >= 11 is 6.03. The number of nitrogens with zero attached hydrogens (tertiary/aromatic N) is 1. The molecule has 2 N–H and O–H groups in total. The smallest absolute Gasteiger partial charge is 0.341 e. The number of benzene rings is 1. The van der Waals surface area contributed by atoms with E-state index in [1.807, 2.05) is 20.8 Å². The lowest BCUT2D eigenvalue weighted by molar-refractivity contribution is -0.139. The molecule has 1 heterocycles. The van der Waals surface area contributed by atoms with Crippen molar-refractivity contribution in [3.05, 3.63) is 40.2 Å². The molecule has 1 aromatic heterocycles. The minimum absolute atomic E-state index is 0.0418. The van der Waals surface area contributed by atoms with Gasteiger partial charge in [0.2, 0.25) is 5.91 Å². The highest BCUT2D eigenvalue weighted by Crippen LogP contribution is 2.29. The van der Waals surface area contributed by atoms with E-state index in [4.69, 9.17) is 26.0 Å². The van der Waals surface area contributed by atoms with Crippen molar-refractivity contribution in [2.75, 3.05) is 11.9 Å². The fourth-order valence-corrected chi connectivity index (χ4v) is 2.86. The van der Waals surface area contributed by atoms with E-state index in [9.17, 15) is 9.59 Å². The van der Waals surface area contributed by atoms with Crippen LogP contribution < -0.4 is 10.1 Å². The van der Waals surface area contributed by atoms with Crippen molar-refractivity contribution < 1.29 is 24.0 Å². The highest BCUT2D eigenvalue weighted by molar-refractivity contribution is 6.32. The quantitative estimate of drug-likeness (QED) is 0.777. The van der Waals surface area contributed by atoms with Gasteiger partial charge in [-0.3, -0.25) is 4.79 Å². The average Bonchev–Trinajstić information content (AvgIpc) is 2.85. The van der Waals surface area contributed by atoms with E-state index in [0.717, 1.165) is 11.3 Å². The van der Waals surface area contributed by atoms with E-state index in [2.05, 4.69) is 10.5 Å². The number of rotatable bonds is 7. The van der Waals surface area contributed by atoms with Gasteiger partial charge in [-0.25, -0.2) is 4.79 Å². The number of carboxylic acids is 1. The molecule has 1 unspecified atom stereocenters. The standard InChI is InChI=1S/C17H19ClN2O5/c1-9(17-10(2)20-25-11(17)3)6-15(21)19-12-4-5-14(13(18)7-12)24-8-16(22)23/h4-5,7,9H,6,8H2,1-3H3,(H,19,21)(H,22,23). The minimum atomic E-state index is -1.10. The van der Waals surface area contributed by atoms with Crippen LogP contribution in [-0.4, -0.2) is 28.7 Å². The van der Waals surface area contributed by atoms with Crippen LogP contribution in [0.2, 0.25) is 5.02 Å². The maximum atomic E-state index is 12.2. The van der Waals surface area contributed by atoms with Gasteiger partial charge in [0.25, 0.3) is 0 Å². The van der Waals surface area contributed by atoms with Gasteiger partial charge in [0, 0.05) is 17.7 Å². The molecule has 25 heavy (non-hydrogen) atoms. The lowest BCUT2D eigenvalue weighted by Crippen LogP contribution is -2.15. The molecule has 0 aliphatic rings. The van der Waals surface area contributed by atoms with Crippen molar-refractivity contribution in [3.63, 3.8) is 0 Å². The van der Waals surface area contributed by atoms with Crippen LogP contribution in [-0.2, 0) is 9.59 Å². The van der Waals surface area contributed by atoms with Crippen LogP contribution in [0.3, 0.4) is 0 Å². The van der Waals surface area contributed by atoms with Crippen LogP contribution in [0.5, 0.6) is 5.75 Å². The first-order valence-corrected chi connectivity index (χ1v) is 8.02. The summed E-state index contributed by atoms with van der Waals surface area (Å²) in [4.78, 5) is 22.7. The maximum Gasteiger partial charge on any atom is 0.341 e. The van der Waals surface area contributed by atoms with Gasteiger partial charge in [0.1, 0.15) is 11.5 Å². The summed E-state index contributed by atoms with van der Waals surface area (Å²) < 4.78 is 10.2. The third-order valence-corrected chi connectivity index (χ3v) is 3.94. The minimum Gasteiger partial charge on any atom is -0.480 e. The third-order valence-electron chi connectivity index (χ3n) is 3.64. The normalized spacial score (nSPS) is 11.8. The first kappa shape index (κ1) is 18.8. The molecule has 2 rings (SSSR count). The van der Waals surface area contributed by atoms with Crippen molar-refractivity contribution >= 4 is 29.2 Å². The Bertz CT molecular complexity index is 768. The second-order valence-corrected chi connectivity index (χ2v) is 6.13. The molecule has 1 atom stereocenters. The number of anilines is 1. The Balaban J connectivity index is 1.98. The van der Waals surface area contributed by atoms with Crippen LogP contribution in [0.4, 0.5) is 5.69 Å². The molecule has 134 valence electrons. The molecule has 1 amide bonds. The number of halogens is 1. The van der Waals surface area contributed by atoms with Gasteiger partial charge >= 0.3 is 5.97 Å². The number of aliphatic carboxylic acids is 1. The van der Waals surface area contributed by atoms with Gasteiger partial charge in [-0.1, -0.05) is 23.7 Å². The summed E-state index contributed by atoms with van der Waals surface area (Å²) in [6, 6.07) is 4.62. The van der Waals surface area contributed by atoms with E-state index >= 15 is 0 Å². The molecule has 0 saturated heterocycles. The molecule has 0 saturated carbocycles. The van der Waals surface area contributed by atoms with E-state index in [1.165, 1.54) is 12.1 Å². The highest BCUT2D eigenvalue weighted by atomic mass is 35.5. The van der Waals surface area contributed by atoms with Crippen LogP contribution in [0.25, 0.3) is 0 Å². The molecule has 0 aliphatic heterocycles. The summed E-state index contributed by atoms with van der Waals surface area (Å²) in [6.45, 7) is 5.11. The molecule has 0 spiro atoms. The predicted molar refractivity (Wildman–Crippen MR) is 92.2 cm³/mol. The molecular weight excluding hydrogens is 348 g/mol. The van der Waals surface area contributed by atoms with Crippen molar-refractivity contribution in [2.24, 2.45) is 0 Å². The summed E-state index contributed by atoms with van der Waals surface area (Å²) in [7, 11) is 0. The molecule has 2 aromatic rings. The topological polar surface area (TPSA) is 102 Å². The molecule has 8 heteroatoms. The van der Waals surface area contributed by atoms with Crippen LogP contribution >= 0.6 is 11.6 Å². The molecule has 0 bridgehead atoms. The molecule has 1 aromatic carbocycles. The number of ether oxygens (including phenoxy) is 1. The SMILES string of the molecule is Cc1noc(C)c1C(C)CC(=O)Nc1ccc(OCC(=O)O)c(Cl)c1. The van der Waals surface area contributed by atoms with Crippen molar-refractivity contribution in [1.29, 1.82) is 0 Å². The Morgan fingerprint density at radius 2 is 2.12 bits per heavy atom. The zero-order chi connectivity index (χ0) is 18.6. The Labute approximate surface area is 149 Å². The number of carbonyl (C=O) groups is 2. The van der Waals surface area contributed by atoms with Gasteiger partial charge in [-0.15, -0.1) is 0 Å². The second kappa shape index (κ2) is 8.02. The fourth-order valence-electron chi connectivity index (χ4n) is 2.62. The van der Waals surface area contributed by atoms with Crippen molar-refractivity contribution in [3.8, 4) is 5.75 Å². The van der Waals surface area contributed by atoms with Gasteiger partial charge in [0.15, 0.2) is 6.61 Å². The van der Waals surface area contributed by atoms with E-state index in [1.54, 1.807) is 6.07 Å². The number of hydrogen-bond acceptors (Lipinski definition) is 5. The number of carbonyl (C=O) groups excluding carboxylic acids is 1. The third kappa shape index (κ3) is 4.96. The summed E-state index contributed by atoms with van der Waals surface area (Å²) in [5, 5.41) is 15.5.